The Morgan fingerprint density at radius 2 is 0.925 bits per heavy atom. The summed E-state index contributed by atoms with van der Waals surface area (Å²) in [7, 11) is 0. The lowest BCUT2D eigenvalue weighted by molar-refractivity contribution is -0.704. The van der Waals surface area contributed by atoms with Gasteiger partial charge in [0.25, 0.3) is 0 Å². The molecule has 2 nitrogen and oxygen atoms in total. The average molecular weight is 677 g/mol. The van der Waals surface area contributed by atoms with Gasteiger partial charge in [-0.3, -0.25) is 0 Å². The van der Waals surface area contributed by atoms with E-state index < -0.39 is 0 Å². The zero-order valence-corrected chi connectivity index (χ0v) is 29.0. The fourth-order valence-electron chi connectivity index (χ4n) is 8.91. The zero-order chi connectivity index (χ0) is 34.9. The van der Waals surface area contributed by atoms with Crippen LogP contribution < -0.4 is 9.30 Å². The van der Waals surface area contributed by atoms with Gasteiger partial charge in [-0.2, -0.15) is 4.57 Å². The molecule has 248 valence electrons. The third-order valence-electron chi connectivity index (χ3n) is 11.4. The molecule has 1 atom stereocenters. The van der Waals surface area contributed by atoms with Crippen LogP contribution >= 0.6 is 0 Å². The van der Waals surface area contributed by atoms with Gasteiger partial charge in [-0.1, -0.05) is 152 Å². The van der Waals surface area contributed by atoms with Gasteiger partial charge < -0.3 is 4.74 Å². The summed E-state index contributed by atoms with van der Waals surface area (Å²) < 4.78 is 8.97. The number of ether oxygens (including phenoxy) is 1. The molecule has 0 radical (unpaired) electrons. The Balaban J connectivity index is 0.955. The van der Waals surface area contributed by atoms with Gasteiger partial charge in [0.1, 0.15) is 11.5 Å². The van der Waals surface area contributed by atoms with Crippen LogP contribution in [0.25, 0.3) is 54.9 Å². The molecule has 0 saturated heterocycles. The Labute approximate surface area is 308 Å². The SMILES string of the molecule is c1cc[n+](C2c3ccccc3-c3cc(-c4ccc(-c5ccc(C6c7c(ccc8ccccc78)Oc7ccc8ccccc8c76)cc5)cc4)ccc32)cc1. The third-order valence-corrected chi connectivity index (χ3v) is 11.4. The van der Waals surface area contributed by atoms with Gasteiger partial charge in [0.2, 0.25) is 6.04 Å². The van der Waals surface area contributed by atoms with E-state index >= 15 is 0 Å². The highest BCUT2D eigenvalue weighted by atomic mass is 16.5. The van der Waals surface area contributed by atoms with E-state index in [-0.39, 0.29) is 12.0 Å². The maximum Gasteiger partial charge on any atom is 0.210 e. The number of hydrogen-bond donors (Lipinski definition) is 0. The van der Waals surface area contributed by atoms with E-state index in [4.69, 9.17) is 4.74 Å². The topological polar surface area (TPSA) is 13.1 Å². The summed E-state index contributed by atoms with van der Waals surface area (Å²) >= 11 is 0. The molecule has 2 heterocycles. The molecule has 0 saturated carbocycles. The van der Waals surface area contributed by atoms with Crippen molar-refractivity contribution in [3.63, 3.8) is 0 Å². The number of fused-ring (bicyclic) bond motifs is 9. The molecule has 1 unspecified atom stereocenters. The molecular weight excluding hydrogens is 643 g/mol. The minimum absolute atomic E-state index is 0.0344. The molecule has 0 amide bonds. The summed E-state index contributed by atoms with van der Waals surface area (Å²) in [5, 5.41) is 4.92. The van der Waals surface area contributed by atoms with E-state index in [2.05, 4.69) is 199 Å². The highest BCUT2D eigenvalue weighted by Crippen LogP contribution is 2.52. The summed E-state index contributed by atoms with van der Waals surface area (Å²) in [6.45, 7) is 0. The predicted octanol–water partition coefficient (Wildman–Crippen LogP) is 12.5. The van der Waals surface area contributed by atoms with Crippen molar-refractivity contribution < 1.29 is 9.30 Å². The van der Waals surface area contributed by atoms with Gasteiger partial charge in [0, 0.05) is 40.3 Å². The number of rotatable bonds is 4. The molecule has 53 heavy (non-hydrogen) atoms. The van der Waals surface area contributed by atoms with Gasteiger partial charge in [0.15, 0.2) is 12.4 Å². The Kier molecular flexibility index (Phi) is 6.72. The van der Waals surface area contributed by atoms with Crippen LogP contribution in [0.1, 0.15) is 39.8 Å². The molecule has 1 aliphatic carbocycles. The van der Waals surface area contributed by atoms with Gasteiger partial charge in [0.05, 0.1) is 0 Å². The Morgan fingerprint density at radius 1 is 0.396 bits per heavy atom. The maximum absolute atomic E-state index is 6.65. The number of benzene rings is 8. The Morgan fingerprint density at radius 3 is 1.58 bits per heavy atom. The second-order valence-electron chi connectivity index (χ2n) is 14.2. The van der Waals surface area contributed by atoms with Crippen LogP contribution in [0, 0.1) is 0 Å². The lowest BCUT2D eigenvalue weighted by Gasteiger charge is -2.31. The van der Waals surface area contributed by atoms with E-state index in [9.17, 15) is 0 Å². The average Bonchev–Trinajstić information content (AvgIpc) is 3.57. The van der Waals surface area contributed by atoms with Crippen molar-refractivity contribution in [1.29, 1.82) is 0 Å². The minimum Gasteiger partial charge on any atom is -0.457 e. The second-order valence-corrected chi connectivity index (χ2v) is 14.2. The molecule has 0 fully saturated rings. The Bertz CT molecular complexity index is 2770. The van der Waals surface area contributed by atoms with Gasteiger partial charge in [-0.25, -0.2) is 0 Å². The molecule has 11 rings (SSSR count). The molecule has 8 aromatic carbocycles. The number of aromatic nitrogens is 1. The standard InChI is InChI=1S/C51H34NO/c1-8-30-52(31-9-1)51-43-15-7-6-14-42(43)45-32-39(24-27-44(45)51)35-18-16-33(17-19-35)34-20-22-38(23-21-34)48-49-40-12-4-2-10-36(40)25-28-46(49)53-47-29-26-37-11-3-5-13-41(37)50(47)48/h1-32,48,51H/q+1. The molecule has 2 aliphatic rings. The lowest BCUT2D eigenvalue weighted by Crippen LogP contribution is -2.38. The number of pyridine rings is 1. The molecule has 0 bridgehead atoms. The van der Waals surface area contributed by atoms with Crippen molar-refractivity contribution >= 4 is 21.5 Å². The maximum atomic E-state index is 6.65. The highest BCUT2D eigenvalue weighted by Gasteiger charge is 2.35. The van der Waals surface area contributed by atoms with Gasteiger partial charge in [-0.15, -0.1) is 0 Å². The fraction of sp³-hybridized carbons (Fsp3) is 0.0392. The number of hydrogen-bond acceptors (Lipinski definition) is 1. The summed E-state index contributed by atoms with van der Waals surface area (Å²) in [6.07, 6.45) is 4.34. The van der Waals surface area contributed by atoms with Crippen molar-refractivity contribution in [2.24, 2.45) is 0 Å². The first-order valence-electron chi connectivity index (χ1n) is 18.4. The van der Waals surface area contributed by atoms with Crippen LogP contribution in [-0.2, 0) is 0 Å². The molecular formula is C51H34NO+. The van der Waals surface area contributed by atoms with E-state index in [0.29, 0.717) is 0 Å². The number of nitrogens with zero attached hydrogens (tertiary/aromatic N) is 1. The molecule has 0 N–H and O–H groups in total. The Hall–Kier alpha value is -6.77. The summed E-state index contributed by atoms with van der Waals surface area (Å²) in [4.78, 5) is 0. The van der Waals surface area contributed by atoms with Gasteiger partial charge >= 0.3 is 0 Å². The van der Waals surface area contributed by atoms with Crippen molar-refractivity contribution in [2.75, 3.05) is 0 Å². The van der Waals surface area contributed by atoms with Crippen LogP contribution in [0.15, 0.2) is 194 Å². The van der Waals surface area contributed by atoms with Gasteiger partial charge in [-0.05, 0) is 78.7 Å². The minimum atomic E-state index is 0.0344. The molecule has 1 aliphatic heterocycles. The lowest BCUT2D eigenvalue weighted by atomic mass is 9.78. The summed E-state index contributed by atoms with van der Waals surface area (Å²) in [6, 6.07) is 66.5. The molecule has 0 spiro atoms. The van der Waals surface area contributed by atoms with Crippen LogP contribution in [0.3, 0.4) is 0 Å². The quantitative estimate of drug-likeness (QED) is 0.169. The van der Waals surface area contributed by atoms with Crippen LogP contribution in [-0.4, -0.2) is 0 Å². The van der Waals surface area contributed by atoms with Crippen molar-refractivity contribution in [3.05, 3.63) is 222 Å². The largest absolute Gasteiger partial charge is 0.457 e. The zero-order valence-electron chi connectivity index (χ0n) is 29.0. The second kappa shape index (κ2) is 11.9. The van der Waals surface area contributed by atoms with Crippen LogP contribution in [0.4, 0.5) is 0 Å². The van der Waals surface area contributed by atoms with Crippen molar-refractivity contribution in [1.82, 2.24) is 0 Å². The van der Waals surface area contributed by atoms with E-state index in [1.54, 1.807) is 0 Å². The first-order chi connectivity index (χ1) is 26.3. The monoisotopic (exact) mass is 676 g/mol. The normalized spacial score (nSPS) is 14.3. The third kappa shape index (κ3) is 4.76. The summed E-state index contributed by atoms with van der Waals surface area (Å²) in [5.74, 6) is 1.90. The highest BCUT2D eigenvalue weighted by molar-refractivity contribution is 5.95. The predicted molar refractivity (Wildman–Crippen MR) is 216 cm³/mol. The van der Waals surface area contributed by atoms with Crippen molar-refractivity contribution in [2.45, 2.75) is 12.0 Å². The molecule has 1 aromatic heterocycles. The first-order valence-corrected chi connectivity index (χ1v) is 18.4. The smallest absolute Gasteiger partial charge is 0.210 e. The van der Waals surface area contributed by atoms with E-state index in [0.717, 1.165) is 11.5 Å². The van der Waals surface area contributed by atoms with Crippen molar-refractivity contribution in [3.8, 4) is 44.9 Å². The van der Waals surface area contributed by atoms with Crippen LogP contribution in [0.2, 0.25) is 0 Å². The fourth-order valence-corrected chi connectivity index (χ4v) is 8.91. The summed E-state index contributed by atoms with van der Waals surface area (Å²) in [5.41, 5.74) is 13.9. The molecule has 2 heteroatoms. The van der Waals surface area contributed by atoms with Crippen LogP contribution in [0.5, 0.6) is 11.5 Å². The van der Waals surface area contributed by atoms with E-state index in [1.165, 1.54) is 82.7 Å². The molecule has 9 aromatic rings. The first kappa shape index (κ1) is 29.9. The van der Waals surface area contributed by atoms with E-state index in [1.807, 2.05) is 0 Å².